The fourth-order valence-electron chi connectivity index (χ4n) is 3.69. The molecule has 5 N–H and O–H groups in total. The molecule has 10 nitrogen and oxygen atoms in total. The number of nitrogens with two attached hydrogens (primary N) is 1. The molecule has 1 heterocycles. The van der Waals surface area contributed by atoms with Crippen molar-refractivity contribution in [2.45, 2.75) is 64.5 Å². The van der Waals surface area contributed by atoms with Gasteiger partial charge in [0.1, 0.15) is 5.82 Å². The van der Waals surface area contributed by atoms with Gasteiger partial charge in [-0.25, -0.2) is 9.97 Å². The van der Waals surface area contributed by atoms with Crippen molar-refractivity contribution in [2.75, 3.05) is 10.6 Å². The highest BCUT2D eigenvalue weighted by Crippen LogP contribution is 2.31. The number of aryl methyl sites for hydroxylation is 2. The number of hydrogen-bond acceptors (Lipinski definition) is 8. The molecule has 31 heavy (non-hydrogen) atoms. The van der Waals surface area contributed by atoms with E-state index >= 15 is 0 Å². The predicted molar refractivity (Wildman–Crippen MR) is 118 cm³/mol. The standard InChI is InChI=1S/C21H28N6O4/c1-4-15-19(23-13-7-9-21(3,29)10-8-13)26-20(17(25-15)18(22)28)24-14-6-5-12(2)16(11-14)27(30)31/h5-6,11,13,29H,4,7-10H2,1-3H3,(H2,22,28)(H2,23,24,26). The van der Waals surface area contributed by atoms with Crippen molar-refractivity contribution in [3.8, 4) is 0 Å². The van der Waals surface area contributed by atoms with Crippen LogP contribution in [0.4, 0.5) is 23.0 Å². The number of nitro groups is 1. The summed E-state index contributed by atoms with van der Waals surface area (Å²) in [4.78, 5) is 31.8. The molecule has 0 bridgehead atoms. The third kappa shape index (κ3) is 5.26. The van der Waals surface area contributed by atoms with E-state index in [0.29, 0.717) is 42.0 Å². The number of benzene rings is 1. The Bertz CT molecular complexity index is 998. The molecule has 0 aliphatic heterocycles. The van der Waals surface area contributed by atoms with Gasteiger partial charge >= 0.3 is 0 Å². The van der Waals surface area contributed by atoms with Crippen LogP contribution < -0.4 is 16.4 Å². The highest BCUT2D eigenvalue weighted by Gasteiger charge is 2.29. The van der Waals surface area contributed by atoms with Crippen molar-refractivity contribution < 1.29 is 14.8 Å². The van der Waals surface area contributed by atoms with E-state index in [0.717, 1.165) is 12.8 Å². The molecule has 0 radical (unpaired) electrons. The maximum atomic E-state index is 12.0. The third-order valence-corrected chi connectivity index (χ3v) is 5.61. The molecular formula is C21H28N6O4. The van der Waals surface area contributed by atoms with E-state index in [2.05, 4.69) is 20.6 Å². The first-order valence-corrected chi connectivity index (χ1v) is 10.3. The Morgan fingerprint density at radius 1 is 1.32 bits per heavy atom. The summed E-state index contributed by atoms with van der Waals surface area (Å²) in [6.45, 7) is 5.39. The molecular weight excluding hydrogens is 400 g/mol. The van der Waals surface area contributed by atoms with Gasteiger partial charge in [-0.2, -0.15) is 0 Å². The Balaban J connectivity index is 1.93. The zero-order valence-corrected chi connectivity index (χ0v) is 17.9. The van der Waals surface area contributed by atoms with E-state index in [1.165, 1.54) is 6.07 Å². The summed E-state index contributed by atoms with van der Waals surface area (Å²) >= 11 is 0. The topological polar surface area (TPSA) is 156 Å². The molecule has 3 rings (SSSR count). The van der Waals surface area contributed by atoms with Crippen molar-refractivity contribution in [3.63, 3.8) is 0 Å². The van der Waals surface area contributed by atoms with Crippen molar-refractivity contribution in [1.82, 2.24) is 9.97 Å². The Kier molecular flexibility index (Phi) is 6.40. The first kappa shape index (κ1) is 22.4. The highest BCUT2D eigenvalue weighted by atomic mass is 16.6. The van der Waals surface area contributed by atoms with Crippen LogP contribution in [0.15, 0.2) is 18.2 Å². The summed E-state index contributed by atoms with van der Waals surface area (Å²) < 4.78 is 0. The SMILES string of the molecule is CCc1nc(C(N)=O)c(Nc2ccc(C)c([N+](=O)[O-])c2)nc1NC1CCC(C)(O)CC1. The van der Waals surface area contributed by atoms with Gasteiger partial charge in [-0.3, -0.25) is 14.9 Å². The number of primary amides is 1. The number of nitrogens with zero attached hydrogens (tertiary/aromatic N) is 3. The number of nitro benzene ring substituents is 1. The minimum atomic E-state index is -0.744. The van der Waals surface area contributed by atoms with Gasteiger partial charge in [0.2, 0.25) is 0 Å². The van der Waals surface area contributed by atoms with Gasteiger partial charge in [0, 0.05) is 23.4 Å². The third-order valence-electron chi connectivity index (χ3n) is 5.61. The van der Waals surface area contributed by atoms with Crippen LogP contribution in [0.2, 0.25) is 0 Å². The molecule has 0 atom stereocenters. The van der Waals surface area contributed by atoms with Gasteiger partial charge in [-0.15, -0.1) is 0 Å². The molecule has 1 aliphatic rings. The number of nitrogens with one attached hydrogen (secondary N) is 2. The van der Waals surface area contributed by atoms with E-state index in [-0.39, 0.29) is 23.2 Å². The summed E-state index contributed by atoms with van der Waals surface area (Å²) in [6, 6.07) is 4.78. The summed E-state index contributed by atoms with van der Waals surface area (Å²) in [5, 5.41) is 27.8. The summed E-state index contributed by atoms with van der Waals surface area (Å²) in [7, 11) is 0. The number of rotatable bonds is 7. The van der Waals surface area contributed by atoms with Crippen LogP contribution in [0.1, 0.15) is 61.3 Å². The molecule has 1 amide bonds. The Hall–Kier alpha value is -3.27. The highest BCUT2D eigenvalue weighted by molar-refractivity contribution is 5.96. The van der Waals surface area contributed by atoms with Crippen LogP contribution >= 0.6 is 0 Å². The molecule has 1 saturated carbocycles. The van der Waals surface area contributed by atoms with Crippen LogP contribution in [0.5, 0.6) is 0 Å². The Morgan fingerprint density at radius 3 is 2.58 bits per heavy atom. The zero-order valence-electron chi connectivity index (χ0n) is 17.9. The molecule has 1 aliphatic carbocycles. The fraction of sp³-hybridized carbons (Fsp3) is 0.476. The van der Waals surface area contributed by atoms with E-state index in [1.54, 1.807) is 19.1 Å². The number of aliphatic hydroxyl groups is 1. The second-order valence-corrected chi connectivity index (χ2v) is 8.23. The molecule has 166 valence electrons. The van der Waals surface area contributed by atoms with Crippen molar-refractivity contribution >= 4 is 28.9 Å². The lowest BCUT2D eigenvalue weighted by Gasteiger charge is -2.34. The second-order valence-electron chi connectivity index (χ2n) is 8.23. The van der Waals surface area contributed by atoms with E-state index in [9.17, 15) is 20.0 Å². The summed E-state index contributed by atoms with van der Waals surface area (Å²) in [6.07, 6.45) is 3.45. The largest absolute Gasteiger partial charge is 0.390 e. The molecule has 1 fully saturated rings. The molecule has 0 saturated heterocycles. The normalized spacial score (nSPS) is 20.8. The number of aromatic nitrogens is 2. The van der Waals surface area contributed by atoms with Crippen LogP contribution in [-0.4, -0.2) is 37.5 Å². The van der Waals surface area contributed by atoms with Crippen LogP contribution in [0.25, 0.3) is 0 Å². The van der Waals surface area contributed by atoms with Gasteiger partial charge in [-0.1, -0.05) is 13.0 Å². The van der Waals surface area contributed by atoms with E-state index < -0.39 is 16.4 Å². The summed E-state index contributed by atoms with van der Waals surface area (Å²) in [5.74, 6) is -0.0807. The van der Waals surface area contributed by atoms with Crippen LogP contribution in [-0.2, 0) is 6.42 Å². The van der Waals surface area contributed by atoms with Gasteiger partial charge in [0.15, 0.2) is 11.5 Å². The van der Waals surface area contributed by atoms with E-state index in [4.69, 9.17) is 5.73 Å². The zero-order chi connectivity index (χ0) is 22.8. The maximum absolute atomic E-state index is 12.0. The monoisotopic (exact) mass is 428 g/mol. The predicted octanol–water partition coefficient (Wildman–Crippen LogP) is 3.20. The lowest BCUT2D eigenvalue weighted by Crippen LogP contribution is -2.36. The quantitative estimate of drug-likeness (QED) is 0.387. The number of hydrogen-bond donors (Lipinski definition) is 4. The average Bonchev–Trinajstić information content (AvgIpc) is 2.70. The minimum absolute atomic E-state index is 0.0304. The second kappa shape index (κ2) is 8.84. The number of carbonyl (C=O) groups excluding carboxylic acids is 1. The van der Waals surface area contributed by atoms with E-state index in [1.807, 2.05) is 13.8 Å². The minimum Gasteiger partial charge on any atom is -0.390 e. The van der Waals surface area contributed by atoms with Crippen molar-refractivity contribution in [1.29, 1.82) is 0 Å². The van der Waals surface area contributed by atoms with Crippen LogP contribution in [0, 0.1) is 17.0 Å². The first-order chi connectivity index (χ1) is 14.6. The maximum Gasteiger partial charge on any atom is 0.274 e. The Labute approximate surface area is 180 Å². The number of amides is 1. The number of anilines is 3. The van der Waals surface area contributed by atoms with Gasteiger partial charge in [0.25, 0.3) is 11.6 Å². The van der Waals surface area contributed by atoms with Crippen LogP contribution in [0.3, 0.4) is 0 Å². The average molecular weight is 428 g/mol. The lowest BCUT2D eigenvalue weighted by molar-refractivity contribution is -0.385. The molecule has 1 aromatic heterocycles. The molecule has 0 unspecified atom stereocenters. The summed E-state index contributed by atoms with van der Waals surface area (Å²) in [5.41, 5.74) is 6.32. The van der Waals surface area contributed by atoms with Gasteiger partial charge in [-0.05, 0) is 52.0 Å². The lowest BCUT2D eigenvalue weighted by atomic mass is 9.83. The number of carbonyl (C=O) groups is 1. The molecule has 0 spiro atoms. The van der Waals surface area contributed by atoms with Gasteiger partial charge < -0.3 is 21.5 Å². The van der Waals surface area contributed by atoms with Crippen molar-refractivity contribution in [2.24, 2.45) is 5.73 Å². The molecule has 10 heteroatoms. The smallest absolute Gasteiger partial charge is 0.274 e. The molecule has 2 aromatic rings. The fourth-order valence-corrected chi connectivity index (χ4v) is 3.69. The molecule has 1 aromatic carbocycles. The Morgan fingerprint density at radius 2 is 2.00 bits per heavy atom. The van der Waals surface area contributed by atoms with Gasteiger partial charge in [0.05, 0.1) is 16.2 Å². The first-order valence-electron chi connectivity index (χ1n) is 10.3. The van der Waals surface area contributed by atoms with Crippen molar-refractivity contribution in [3.05, 3.63) is 45.3 Å².